The molecular formula is C20H23NO4S. The van der Waals surface area contributed by atoms with Crippen molar-refractivity contribution in [2.75, 3.05) is 19.1 Å². The number of nitrogens with one attached hydrogen (secondary N) is 1. The van der Waals surface area contributed by atoms with Crippen molar-refractivity contribution in [1.82, 2.24) is 5.32 Å². The number of carbonyl (C=O) groups is 2. The van der Waals surface area contributed by atoms with E-state index in [-0.39, 0.29) is 12.5 Å². The SMILES string of the molecule is COc1ccccc1COC(=O)C(CCSC)NC(=O)c1ccccc1. The molecule has 0 bridgehead atoms. The van der Waals surface area contributed by atoms with Crippen LogP contribution in [-0.4, -0.2) is 37.0 Å². The molecule has 0 fully saturated rings. The maximum absolute atomic E-state index is 12.5. The Balaban J connectivity index is 2.00. The third kappa shape index (κ3) is 5.81. The molecule has 1 amide bonds. The van der Waals surface area contributed by atoms with Gasteiger partial charge in [-0.05, 0) is 36.6 Å². The normalized spacial score (nSPS) is 11.5. The summed E-state index contributed by atoms with van der Waals surface area (Å²) >= 11 is 1.61. The van der Waals surface area contributed by atoms with Gasteiger partial charge in [0.15, 0.2) is 0 Å². The van der Waals surface area contributed by atoms with Gasteiger partial charge in [-0.25, -0.2) is 4.79 Å². The first-order valence-electron chi connectivity index (χ1n) is 8.29. The maximum atomic E-state index is 12.5. The zero-order valence-corrected chi connectivity index (χ0v) is 15.8. The molecule has 0 heterocycles. The Kier molecular flexibility index (Phi) is 8.02. The molecule has 2 aromatic rings. The molecule has 0 aliphatic carbocycles. The number of amides is 1. The third-order valence-corrected chi connectivity index (χ3v) is 4.44. The number of hydrogen-bond acceptors (Lipinski definition) is 5. The van der Waals surface area contributed by atoms with Crippen LogP contribution in [0.3, 0.4) is 0 Å². The second-order valence-corrected chi connectivity index (χ2v) is 6.58. The Bertz CT molecular complexity index is 721. The molecule has 1 unspecified atom stereocenters. The van der Waals surface area contributed by atoms with E-state index in [4.69, 9.17) is 9.47 Å². The van der Waals surface area contributed by atoms with Gasteiger partial charge in [-0.2, -0.15) is 11.8 Å². The molecule has 0 spiro atoms. The average molecular weight is 373 g/mol. The number of benzene rings is 2. The highest BCUT2D eigenvalue weighted by atomic mass is 32.2. The fraction of sp³-hybridized carbons (Fsp3) is 0.300. The standard InChI is InChI=1S/C20H23NO4S/c1-24-18-11-7-6-10-16(18)14-25-20(23)17(12-13-26-2)21-19(22)15-8-4-3-5-9-15/h3-11,17H,12-14H2,1-2H3,(H,21,22). The van der Waals surface area contributed by atoms with E-state index < -0.39 is 12.0 Å². The molecule has 6 heteroatoms. The van der Waals surface area contributed by atoms with Gasteiger partial charge in [-0.1, -0.05) is 36.4 Å². The summed E-state index contributed by atoms with van der Waals surface area (Å²) in [4.78, 5) is 24.9. The summed E-state index contributed by atoms with van der Waals surface area (Å²) in [5.74, 6) is 0.665. The van der Waals surface area contributed by atoms with E-state index in [1.165, 1.54) is 0 Å². The first kappa shape index (κ1) is 19.8. The number of rotatable bonds is 9. The van der Waals surface area contributed by atoms with Gasteiger partial charge in [0, 0.05) is 11.1 Å². The molecule has 26 heavy (non-hydrogen) atoms. The zero-order chi connectivity index (χ0) is 18.8. The molecule has 2 rings (SSSR count). The summed E-state index contributed by atoms with van der Waals surface area (Å²) in [5.41, 5.74) is 1.29. The van der Waals surface area contributed by atoms with Crippen molar-refractivity contribution in [1.29, 1.82) is 0 Å². The Hall–Kier alpha value is -2.47. The number of methoxy groups -OCH3 is 1. The molecule has 5 nitrogen and oxygen atoms in total. The van der Waals surface area contributed by atoms with Crippen LogP contribution >= 0.6 is 11.8 Å². The van der Waals surface area contributed by atoms with Gasteiger partial charge in [0.1, 0.15) is 18.4 Å². The van der Waals surface area contributed by atoms with Crippen molar-refractivity contribution in [2.24, 2.45) is 0 Å². The number of para-hydroxylation sites is 1. The largest absolute Gasteiger partial charge is 0.496 e. The molecule has 0 aliphatic rings. The Labute approximate surface area is 158 Å². The van der Waals surface area contributed by atoms with Crippen molar-refractivity contribution < 1.29 is 19.1 Å². The van der Waals surface area contributed by atoms with Crippen LogP contribution in [0.25, 0.3) is 0 Å². The predicted octanol–water partition coefficient (Wildman–Crippen LogP) is 3.29. The van der Waals surface area contributed by atoms with Gasteiger partial charge < -0.3 is 14.8 Å². The quantitative estimate of drug-likeness (QED) is 0.684. The molecule has 1 atom stereocenters. The molecule has 0 aromatic heterocycles. The van der Waals surface area contributed by atoms with Crippen LogP contribution in [0.4, 0.5) is 0 Å². The minimum absolute atomic E-state index is 0.0970. The third-order valence-electron chi connectivity index (χ3n) is 3.80. The van der Waals surface area contributed by atoms with Crippen molar-refractivity contribution in [3.05, 3.63) is 65.7 Å². The second kappa shape index (κ2) is 10.5. The first-order chi connectivity index (χ1) is 12.7. The van der Waals surface area contributed by atoms with Crippen LogP contribution in [-0.2, 0) is 16.1 Å². The molecule has 0 aliphatic heterocycles. The summed E-state index contributed by atoms with van der Waals surface area (Å²) in [7, 11) is 1.57. The highest BCUT2D eigenvalue weighted by Gasteiger charge is 2.23. The van der Waals surface area contributed by atoms with Crippen LogP contribution in [0, 0.1) is 0 Å². The summed E-state index contributed by atoms with van der Waals surface area (Å²) in [5, 5.41) is 2.77. The molecule has 2 aromatic carbocycles. The molecule has 1 N–H and O–H groups in total. The fourth-order valence-corrected chi connectivity index (χ4v) is 2.86. The minimum atomic E-state index is -0.690. The van der Waals surface area contributed by atoms with Gasteiger partial charge in [-0.3, -0.25) is 4.79 Å². The van der Waals surface area contributed by atoms with Crippen LogP contribution < -0.4 is 10.1 Å². The highest BCUT2D eigenvalue weighted by molar-refractivity contribution is 7.98. The number of carbonyl (C=O) groups excluding carboxylic acids is 2. The fourth-order valence-electron chi connectivity index (χ4n) is 2.39. The van der Waals surface area contributed by atoms with E-state index in [1.54, 1.807) is 43.1 Å². The number of ether oxygens (including phenoxy) is 2. The number of hydrogen-bond donors (Lipinski definition) is 1. The Morgan fingerprint density at radius 1 is 1.08 bits per heavy atom. The van der Waals surface area contributed by atoms with Crippen LogP contribution in [0.2, 0.25) is 0 Å². The van der Waals surface area contributed by atoms with Gasteiger partial charge in [0.25, 0.3) is 5.91 Å². The van der Waals surface area contributed by atoms with E-state index in [0.717, 1.165) is 11.3 Å². The van der Waals surface area contributed by atoms with Gasteiger partial charge in [0.2, 0.25) is 0 Å². The lowest BCUT2D eigenvalue weighted by atomic mass is 10.1. The molecule has 0 radical (unpaired) electrons. The van der Waals surface area contributed by atoms with Crippen LogP contribution in [0.15, 0.2) is 54.6 Å². The zero-order valence-electron chi connectivity index (χ0n) is 14.9. The Morgan fingerprint density at radius 2 is 1.77 bits per heavy atom. The monoisotopic (exact) mass is 373 g/mol. The number of thioether (sulfide) groups is 1. The second-order valence-electron chi connectivity index (χ2n) is 5.59. The summed E-state index contributed by atoms with van der Waals surface area (Å²) in [6.45, 7) is 0.0970. The maximum Gasteiger partial charge on any atom is 0.329 e. The lowest BCUT2D eigenvalue weighted by Gasteiger charge is -2.18. The summed E-state index contributed by atoms with van der Waals surface area (Å²) in [6, 6.07) is 15.5. The molecule has 0 saturated heterocycles. The predicted molar refractivity (Wildman–Crippen MR) is 103 cm³/mol. The van der Waals surface area contributed by atoms with E-state index >= 15 is 0 Å². The molecule has 0 saturated carbocycles. The summed E-state index contributed by atoms with van der Waals surface area (Å²) in [6.07, 6.45) is 2.46. The van der Waals surface area contributed by atoms with Crippen molar-refractivity contribution in [2.45, 2.75) is 19.1 Å². The average Bonchev–Trinajstić information content (AvgIpc) is 2.69. The minimum Gasteiger partial charge on any atom is -0.496 e. The van der Waals surface area contributed by atoms with E-state index in [9.17, 15) is 9.59 Å². The van der Waals surface area contributed by atoms with Gasteiger partial charge in [0.05, 0.1) is 7.11 Å². The smallest absolute Gasteiger partial charge is 0.329 e. The van der Waals surface area contributed by atoms with Crippen molar-refractivity contribution >= 4 is 23.6 Å². The van der Waals surface area contributed by atoms with Crippen molar-refractivity contribution in [3.63, 3.8) is 0 Å². The lowest BCUT2D eigenvalue weighted by molar-refractivity contribution is -0.147. The topological polar surface area (TPSA) is 64.6 Å². The summed E-state index contributed by atoms with van der Waals surface area (Å²) < 4.78 is 10.7. The van der Waals surface area contributed by atoms with Gasteiger partial charge >= 0.3 is 5.97 Å². The van der Waals surface area contributed by atoms with E-state index in [2.05, 4.69) is 5.32 Å². The van der Waals surface area contributed by atoms with Gasteiger partial charge in [-0.15, -0.1) is 0 Å². The highest BCUT2D eigenvalue weighted by Crippen LogP contribution is 2.18. The van der Waals surface area contributed by atoms with E-state index in [1.807, 2.05) is 36.6 Å². The first-order valence-corrected chi connectivity index (χ1v) is 9.68. The van der Waals surface area contributed by atoms with E-state index in [0.29, 0.717) is 17.7 Å². The van der Waals surface area contributed by atoms with Crippen LogP contribution in [0.1, 0.15) is 22.3 Å². The molecule has 138 valence electrons. The molecular weight excluding hydrogens is 350 g/mol. The lowest BCUT2D eigenvalue weighted by Crippen LogP contribution is -2.42. The van der Waals surface area contributed by atoms with Crippen molar-refractivity contribution in [3.8, 4) is 5.75 Å². The van der Waals surface area contributed by atoms with Crippen LogP contribution in [0.5, 0.6) is 5.75 Å². The number of esters is 1. The Morgan fingerprint density at radius 3 is 2.46 bits per heavy atom.